The fraction of sp³-hybridized carbons (Fsp3) is 0.812. The number of carbonyl (C=O) groups is 1. The molecule has 0 unspecified atom stereocenters. The Morgan fingerprint density at radius 3 is 2.62 bits per heavy atom. The summed E-state index contributed by atoms with van der Waals surface area (Å²) in [6.07, 6.45) is 7.44. The first kappa shape index (κ1) is 17.7. The van der Waals surface area contributed by atoms with Gasteiger partial charge >= 0.3 is 5.97 Å². The molecule has 0 aliphatic rings. The lowest BCUT2D eigenvalue weighted by molar-refractivity contribution is -0.143. The Morgan fingerprint density at radius 1 is 1.24 bits per heavy atom. The highest BCUT2D eigenvalue weighted by Gasteiger charge is 2.17. The maximum absolute atomic E-state index is 11.4. The summed E-state index contributed by atoms with van der Waals surface area (Å²) in [4.78, 5) is 11.4. The van der Waals surface area contributed by atoms with Crippen LogP contribution in [0.4, 0.5) is 0 Å². The molecule has 120 valence electrons. The number of esters is 1. The van der Waals surface area contributed by atoms with E-state index in [9.17, 15) is 4.79 Å². The monoisotopic (exact) mass is 295 g/mol. The van der Waals surface area contributed by atoms with E-state index in [0.717, 1.165) is 44.3 Å². The van der Waals surface area contributed by atoms with Crippen molar-refractivity contribution in [3.8, 4) is 0 Å². The SMILES string of the molecule is CCCCOC(=O)CCCCCn1cc(C(C)(C)C)nn1. The smallest absolute Gasteiger partial charge is 0.305 e. The second-order valence-electron chi connectivity index (χ2n) is 6.50. The summed E-state index contributed by atoms with van der Waals surface area (Å²) in [5, 5.41) is 8.34. The predicted octanol–water partition coefficient (Wildman–Crippen LogP) is 3.48. The van der Waals surface area contributed by atoms with Crippen molar-refractivity contribution < 1.29 is 9.53 Å². The summed E-state index contributed by atoms with van der Waals surface area (Å²) in [6.45, 7) is 9.89. The Morgan fingerprint density at radius 2 is 2.00 bits per heavy atom. The average Bonchev–Trinajstić information content (AvgIpc) is 2.87. The quantitative estimate of drug-likeness (QED) is 0.517. The molecule has 0 N–H and O–H groups in total. The van der Waals surface area contributed by atoms with Crippen LogP contribution in [0.1, 0.15) is 71.9 Å². The summed E-state index contributed by atoms with van der Waals surface area (Å²) in [5.74, 6) is -0.0702. The van der Waals surface area contributed by atoms with E-state index in [1.54, 1.807) is 0 Å². The molecule has 0 aliphatic heterocycles. The average molecular weight is 295 g/mol. The van der Waals surface area contributed by atoms with Crippen molar-refractivity contribution in [1.82, 2.24) is 15.0 Å². The first-order valence-electron chi connectivity index (χ1n) is 7.99. The molecule has 0 aromatic carbocycles. The van der Waals surface area contributed by atoms with Gasteiger partial charge in [-0.05, 0) is 19.3 Å². The molecule has 1 aromatic rings. The van der Waals surface area contributed by atoms with Crippen LogP contribution in [0, 0.1) is 0 Å². The molecular weight excluding hydrogens is 266 g/mol. The van der Waals surface area contributed by atoms with Crippen LogP contribution < -0.4 is 0 Å². The maximum atomic E-state index is 11.4. The van der Waals surface area contributed by atoms with E-state index in [2.05, 4.69) is 38.0 Å². The molecule has 0 radical (unpaired) electrons. The summed E-state index contributed by atoms with van der Waals surface area (Å²) >= 11 is 0. The standard InChI is InChI=1S/C16H29N3O2/c1-5-6-12-21-15(20)10-8-7-9-11-19-13-14(17-18-19)16(2,3)4/h13H,5-12H2,1-4H3. The normalized spacial score (nSPS) is 11.6. The van der Waals surface area contributed by atoms with Gasteiger partial charge in [-0.2, -0.15) is 0 Å². The first-order chi connectivity index (χ1) is 9.93. The number of ether oxygens (including phenoxy) is 1. The van der Waals surface area contributed by atoms with Crippen LogP contribution in [0.5, 0.6) is 0 Å². The fourth-order valence-corrected chi connectivity index (χ4v) is 1.87. The second-order valence-corrected chi connectivity index (χ2v) is 6.50. The predicted molar refractivity (Wildman–Crippen MR) is 83.1 cm³/mol. The van der Waals surface area contributed by atoms with Gasteiger partial charge in [0.1, 0.15) is 0 Å². The van der Waals surface area contributed by atoms with E-state index in [1.807, 2.05) is 10.9 Å². The van der Waals surface area contributed by atoms with E-state index in [1.165, 1.54) is 0 Å². The van der Waals surface area contributed by atoms with Crippen LogP contribution in [-0.2, 0) is 21.5 Å². The summed E-state index contributed by atoms with van der Waals surface area (Å²) in [7, 11) is 0. The Balaban J connectivity index is 2.11. The molecule has 0 spiro atoms. The molecule has 0 amide bonds. The van der Waals surface area contributed by atoms with Gasteiger partial charge in [0, 0.05) is 24.6 Å². The van der Waals surface area contributed by atoms with Crippen molar-refractivity contribution >= 4 is 5.97 Å². The van der Waals surface area contributed by atoms with Gasteiger partial charge in [0.25, 0.3) is 0 Å². The van der Waals surface area contributed by atoms with Crippen LogP contribution in [0.3, 0.4) is 0 Å². The molecule has 0 saturated heterocycles. The van der Waals surface area contributed by atoms with Gasteiger partial charge < -0.3 is 4.74 Å². The number of nitrogens with zero attached hydrogens (tertiary/aromatic N) is 3. The van der Waals surface area contributed by atoms with Crippen LogP contribution in [-0.4, -0.2) is 27.6 Å². The van der Waals surface area contributed by atoms with Crippen molar-refractivity contribution in [3.05, 3.63) is 11.9 Å². The minimum Gasteiger partial charge on any atom is -0.466 e. The van der Waals surface area contributed by atoms with E-state index >= 15 is 0 Å². The minimum atomic E-state index is -0.0702. The van der Waals surface area contributed by atoms with E-state index < -0.39 is 0 Å². The van der Waals surface area contributed by atoms with Crippen LogP contribution in [0.15, 0.2) is 6.20 Å². The van der Waals surface area contributed by atoms with Crippen molar-refractivity contribution in [2.45, 2.75) is 78.2 Å². The number of unbranched alkanes of at least 4 members (excludes halogenated alkanes) is 3. The fourth-order valence-electron chi connectivity index (χ4n) is 1.87. The third-order valence-electron chi connectivity index (χ3n) is 3.34. The maximum Gasteiger partial charge on any atom is 0.305 e. The molecular formula is C16H29N3O2. The van der Waals surface area contributed by atoms with Crippen LogP contribution in [0.2, 0.25) is 0 Å². The Hall–Kier alpha value is -1.39. The third kappa shape index (κ3) is 7.25. The number of hydrogen-bond donors (Lipinski definition) is 0. The topological polar surface area (TPSA) is 57.0 Å². The van der Waals surface area contributed by atoms with Crippen LogP contribution in [0.25, 0.3) is 0 Å². The van der Waals surface area contributed by atoms with Gasteiger partial charge in [-0.15, -0.1) is 5.10 Å². The first-order valence-corrected chi connectivity index (χ1v) is 7.99. The summed E-state index contributed by atoms with van der Waals surface area (Å²) in [5.41, 5.74) is 1.06. The van der Waals surface area contributed by atoms with Gasteiger partial charge in [-0.3, -0.25) is 9.48 Å². The molecule has 1 aromatic heterocycles. The van der Waals surface area contributed by atoms with Crippen molar-refractivity contribution in [3.63, 3.8) is 0 Å². The highest BCUT2D eigenvalue weighted by molar-refractivity contribution is 5.69. The lowest BCUT2D eigenvalue weighted by Crippen LogP contribution is -2.11. The van der Waals surface area contributed by atoms with Crippen molar-refractivity contribution in [2.75, 3.05) is 6.61 Å². The van der Waals surface area contributed by atoms with Gasteiger partial charge in [0.05, 0.1) is 12.3 Å². The van der Waals surface area contributed by atoms with Gasteiger partial charge in [0.2, 0.25) is 0 Å². The lowest BCUT2D eigenvalue weighted by atomic mass is 9.93. The molecule has 0 bridgehead atoms. The number of hydrogen-bond acceptors (Lipinski definition) is 4. The van der Waals surface area contributed by atoms with E-state index in [0.29, 0.717) is 13.0 Å². The molecule has 0 saturated carbocycles. The zero-order valence-electron chi connectivity index (χ0n) is 13.9. The molecule has 0 fully saturated rings. The Kier molecular flexibility index (Phi) is 7.40. The van der Waals surface area contributed by atoms with Gasteiger partial charge in [0.15, 0.2) is 0 Å². The summed E-state index contributed by atoms with van der Waals surface area (Å²) < 4.78 is 7.01. The molecule has 0 aliphatic carbocycles. The largest absolute Gasteiger partial charge is 0.466 e. The van der Waals surface area contributed by atoms with E-state index in [4.69, 9.17) is 4.74 Å². The Labute approximate surface area is 128 Å². The van der Waals surface area contributed by atoms with E-state index in [-0.39, 0.29) is 11.4 Å². The minimum absolute atomic E-state index is 0.0422. The molecule has 1 heterocycles. The molecule has 5 nitrogen and oxygen atoms in total. The number of carbonyl (C=O) groups excluding carboxylic acids is 1. The van der Waals surface area contributed by atoms with Crippen molar-refractivity contribution in [2.24, 2.45) is 0 Å². The molecule has 0 atom stereocenters. The Bertz CT molecular complexity index is 421. The number of aryl methyl sites for hydroxylation is 1. The van der Waals surface area contributed by atoms with Crippen LogP contribution >= 0.6 is 0 Å². The molecule has 21 heavy (non-hydrogen) atoms. The molecule has 5 heteroatoms. The van der Waals surface area contributed by atoms with Gasteiger partial charge in [-0.1, -0.05) is 45.7 Å². The highest BCUT2D eigenvalue weighted by Crippen LogP contribution is 2.18. The second kappa shape index (κ2) is 8.80. The zero-order chi connectivity index (χ0) is 15.7. The molecule has 1 rings (SSSR count). The highest BCUT2D eigenvalue weighted by atomic mass is 16.5. The lowest BCUT2D eigenvalue weighted by Gasteiger charge is -2.12. The number of rotatable bonds is 9. The third-order valence-corrected chi connectivity index (χ3v) is 3.34. The van der Waals surface area contributed by atoms with Gasteiger partial charge in [-0.25, -0.2) is 0 Å². The number of aromatic nitrogens is 3. The summed E-state index contributed by atoms with van der Waals surface area (Å²) in [6, 6.07) is 0. The van der Waals surface area contributed by atoms with Crippen molar-refractivity contribution in [1.29, 1.82) is 0 Å². The zero-order valence-corrected chi connectivity index (χ0v) is 13.9.